The second-order valence-corrected chi connectivity index (χ2v) is 8.69. The number of thiazole rings is 1. The maximum absolute atomic E-state index is 6.12. The number of hydrogen-bond donors (Lipinski definition) is 1. The Morgan fingerprint density at radius 2 is 2.14 bits per heavy atom. The molecule has 2 unspecified atom stereocenters. The normalized spacial score (nSPS) is 22.3. The van der Waals surface area contributed by atoms with Crippen LogP contribution in [0, 0.1) is 6.92 Å². The third-order valence-corrected chi connectivity index (χ3v) is 6.21. The highest BCUT2D eigenvalue weighted by molar-refractivity contribution is 14.0. The highest BCUT2D eigenvalue weighted by atomic mass is 127. The van der Waals surface area contributed by atoms with Crippen molar-refractivity contribution >= 4 is 41.3 Å². The molecule has 2 aliphatic heterocycles. The molecule has 8 heteroatoms. The summed E-state index contributed by atoms with van der Waals surface area (Å²) in [5.41, 5.74) is 1.36. The zero-order chi connectivity index (χ0) is 19.3. The van der Waals surface area contributed by atoms with Crippen molar-refractivity contribution in [2.24, 2.45) is 4.99 Å². The number of rotatable bonds is 5. The molecule has 0 aliphatic carbocycles. The van der Waals surface area contributed by atoms with Crippen molar-refractivity contribution in [1.29, 1.82) is 0 Å². The van der Waals surface area contributed by atoms with Gasteiger partial charge in [-0.15, -0.1) is 35.3 Å². The van der Waals surface area contributed by atoms with E-state index in [0.717, 1.165) is 50.3 Å². The van der Waals surface area contributed by atoms with Crippen LogP contribution in [-0.4, -0.2) is 65.7 Å². The molecule has 0 spiro atoms. The molecular formula is C21H30IN5OS. The number of aryl methyl sites for hydroxylation is 1. The van der Waals surface area contributed by atoms with Crippen LogP contribution in [0.4, 0.5) is 0 Å². The van der Waals surface area contributed by atoms with Gasteiger partial charge in [-0.2, -0.15) is 0 Å². The summed E-state index contributed by atoms with van der Waals surface area (Å²) in [6, 6.07) is 11.1. The summed E-state index contributed by atoms with van der Waals surface area (Å²) in [4.78, 5) is 15.4. The second-order valence-electron chi connectivity index (χ2n) is 7.37. The first kappa shape index (κ1) is 22.5. The van der Waals surface area contributed by atoms with Gasteiger partial charge in [0.05, 0.1) is 25.3 Å². The van der Waals surface area contributed by atoms with Crippen LogP contribution in [0.1, 0.15) is 22.4 Å². The van der Waals surface area contributed by atoms with Crippen LogP contribution in [0.25, 0.3) is 0 Å². The van der Waals surface area contributed by atoms with E-state index >= 15 is 0 Å². The fourth-order valence-electron chi connectivity index (χ4n) is 3.99. The average molecular weight is 527 g/mol. The Balaban J connectivity index is 0.00000240. The number of nitrogens with zero attached hydrogens (tertiary/aromatic N) is 4. The molecule has 4 rings (SSSR count). The van der Waals surface area contributed by atoms with Gasteiger partial charge in [0.2, 0.25) is 0 Å². The van der Waals surface area contributed by atoms with Crippen LogP contribution in [0.2, 0.25) is 0 Å². The first-order chi connectivity index (χ1) is 13.7. The minimum Gasteiger partial charge on any atom is -0.373 e. The maximum Gasteiger partial charge on any atom is 0.194 e. The molecule has 0 saturated carbocycles. The van der Waals surface area contributed by atoms with Gasteiger partial charge in [0.25, 0.3) is 0 Å². The molecule has 2 atom stereocenters. The molecule has 1 aromatic heterocycles. The number of likely N-dealkylation sites (tertiary alicyclic amines) is 1. The number of morpholine rings is 1. The summed E-state index contributed by atoms with van der Waals surface area (Å²) >= 11 is 1.71. The van der Waals surface area contributed by atoms with Crippen LogP contribution in [0.15, 0.2) is 41.5 Å². The Hall–Kier alpha value is -1.23. The van der Waals surface area contributed by atoms with E-state index in [1.807, 2.05) is 6.20 Å². The van der Waals surface area contributed by atoms with Crippen molar-refractivity contribution in [1.82, 2.24) is 20.1 Å². The summed E-state index contributed by atoms with van der Waals surface area (Å²) in [7, 11) is 0. The predicted molar refractivity (Wildman–Crippen MR) is 129 cm³/mol. The molecule has 1 N–H and O–H groups in total. The van der Waals surface area contributed by atoms with Crippen molar-refractivity contribution in [3.8, 4) is 0 Å². The summed E-state index contributed by atoms with van der Waals surface area (Å²) in [5, 5.41) is 4.52. The van der Waals surface area contributed by atoms with E-state index < -0.39 is 0 Å². The largest absolute Gasteiger partial charge is 0.373 e. The van der Waals surface area contributed by atoms with Crippen molar-refractivity contribution < 1.29 is 4.74 Å². The van der Waals surface area contributed by atoms with Gasteiger partial charge in [-0.1, -0.05) is 30.3 Å². The van der Waals surface area contributed by atoms with Gasteiger partial charge in [0.15, 0.2) is 5.96 Å². The predicted octanol–water partition coefficient (Wildman–Crippen LogP) is 3.12. The number of guanidine groups is 1. The summed E-state index contributed by atoms with van der Waals surface area (Å²) < 4.78 is 6.12. The molecule has 2 saturated heterocycles. The number of ether oxygens (including phenoxy) is 1. The number of nitrogens with one attached hydrogen (secondary N) is 1. The fraction of sp³-hybridized carbons (Fsp3) is 0.524. The molecule has 3 heterocycles. The molecule has 158 valence electrons. The monoisotopic (exact) mass is 527 g/mol. The number of fused-ring (bicyclic) bond motifs is 1. The van der Waals surface area contributed by atoms with Crippen LogP contribution >= 0.6 is 35.3 Å². The highest BCUT2D eigenvalue weighted by Gasteiger charge is 2.41. The number of benzene rings is 1. The van der Waals surface area contributed by atoms with Crippen LogP contribution in [0.3, 0.4) is 0 Å². The number of aliphatic imine (C=N–C) groups is 1. The van der Waals surface area contributed by atoms with Gasteiger partial charge in [0, 0.05) is 43.8 Å². The summed E-state index contributed by atoms with van der Waals surface area (Å²) in [5.74, 6) is 0.966. The molecule has 0 radical (unpaired) electrons. The van der Waals surface area contributed by atoms with Crippen molar-refractivity contribution in [3.63, 3.8) is 0 Å². The molecule has 2 fully saturated rings. The first-order valence-electron chi connectivity index (χ1n) is 10.1. The third kappa shape index (κ3) is 5.68. The van der Waals surface area contributed by atoms with E-state index in [4.69, 9.17) is 9.73 Å². The quantitative estimate of drug-likeness (QED) is 0.368. The maximum atomic E-state index is 6.12. The van der Waals surface area contributed by atoms with Crippen molar-refractivity contribution in [2.45, 2.75) is 39.1 Å². The topological polar surface area (TPSA) is 53.0 Å². The van der Waals surface area contributed by atoms with E-state index in [1.165, 1.54) is 10.4 Å². The smallest absolute Gasteiger partial charge is 0.194 e. The van der Waals surface area contributed by atoms with Crippen LogP contribution < -0.4 is 5.32 Å². The van der Waals surface area contributed by atoms with Gasteiger partial charge in [0.1, 0.15) is 5.01 Å². The highest BCUT2D eigenvalue weighted by Crippen LogP contribution is 2.25. The van der Waals surface area contributed by atoms with Gasteiger partial charge in [-0.25, -0.2) is 9.98 Å². The number of halogens is 1. The lowest BCUT2D eigenvalue weighted by molar-refractivity contribution is -0.0502. The van der Waals surface area contributed by atoms with Crippen molar-refractivity contribution in [2.75, 3.05) is 32.8 Å². The Labute approximate surface area is 194 Å². The van der Waals surface area contributed by atoms with Crippen molar-refractivity contribution in [3.05, 3.63) is 52.0 Å². The summed E-state index contributed by atoms with van der Waals surface area (Å²) in [6.07, 6.45) is 2.16. The average Bonchev–Trinajstić information content (AvgIpc) is 3.32. The molecule has 1 aromatic carbocycles. The minimum absolute atomic E-state index is 0. The molecule has 29 heavy (non-hydrogen) atoms. The van der Waals surface area contributed by atoms with E-state index in [9.17, 15) is 0 Å². The molecular weight excluding hydrogens is 497 g/mol. The van der Waals surface area contributed by atoms with Gasteiger partial charge < -0.3 is 15.0 Å². The number of hydrogen-bond acceptors (Lipinski definition) is 5. The SMILES string of the molecule is CCNC(=NCc1ncc(C)s1)N1CC2OCCN(Cc3ccccc3)C2C1.I. The molecule has 2 aromatic rings. The van der Waals surface area contributed by atoms with Gasteiger partial charge >= 0.3 is 0 Å². The van der Waals surface area contributed by atoms with E-state index in [2.05, 4.69) is 64.3 Å². The number of aromatic nitrogens is 1. The lowest BCUT2D eigenvalue weighted by atomic mass is 10.1. The molecule has 6 nitrogen and oxygen atoms in total. The zero-order valence-corrected chi connectivity index (χ0v) is 20.2. The lowest BCUT2D eigenvalue weighted by Crippen LogP contribution is -2.50. The minimum atomic E-state index is 0. The van der Waals surface area contributed by atoms with Gasteiger partial charge in [-0.3, -0.25) is 4.90 Å². The first-order valence-corrected chi connectivity index (χ1v) is 10.9. The zero-order valence-electron chi connectivity index (χ0n) is 17.1. The van der Waals surface area contributed by atoms with Gasteiger partial charge in [-0.05, 0) is 19.4 Å². The summed E-state index contributed by atoms with van der Waals surface area (Å²) in [6.45, 7) is 10.3. The Morgan fingerprint density at radius 3 is 2.86 bits per heavy atom. The third-order valence-electron chi connectivity index (χ3n) is 5.31. The fourth-order valence-corrected chi connectivity index (χ4v) is 4.70. The van der Waals surface area contributed by atoms with E-state index in [0.29, 0.717) is 12.6 Å². The van der Waals surface area contributed by atoms with E-state index in [-0.39, 0.29) is 30.1 Å². The van der Waals surface area contributed by atoms with E-state index in [1.54, 1.807) is 11.3 Å². The second kappa shape index (κ2) is 10.7. The Bertz CT molecular complexity index is 799. The van der Waals surface area contributed by atoms with Crippen LogP contribution in [-0.2, 0) is 17.8 Å². The Kier molecular flexibility index (Phi) is 8.28. The molecule has 0 bridgehead atoms. The molecule has 0 amide bonds. The Morgan fingerprint density at radius 1 is 1.31 bits per heavy atom. The lowest BCUT2D eigenvalue weighted by Gasteiger charge is -2.36. The molecule has 2 aliphatic rings. The standard InChI is InChI=1S/C21H29N5OS.HI/c1-3-22-21(24-12-20-23-11-16(2)28-20)26-14-18-19(15-26)27-10-9-25(18)13-17-7-5-4-6-8-17;/h4-8,11,18-19H,3,9-10,12-15H2,1-2H3,(H,22,24);1H. The van der Waals surface area contributed by atoms with Crippen LogP contribution in [0.5, 0.6) is 0 Å².